The van der Waals surface area contributed by atoms with E-state index in [1.54, 1.807) is 6.92 Å². The highest BCUT2D eigenvalue weighted by molar-refractivity contribution is 6.32. The number of hydrogen-bond donors (Lipinski definition) is 0. The van der Waals surface area contributed by atoms with Crippen LogP contribution < -0.4 is 14.9 Å². The average molecular weight is 552 g/mol. The summed E-state index contributed by atoms with van der Waals surface area (Å²) in [5.74, 6) is 1.17. The van der Waals surface area contributed by atoms with Crippen LogP contribution in [-0.4, -0.2) is 65.2 Å². The molecule has 2 aromatic rings. The van der Waals surface area contributed by atoms with Crippen molar-refractivity contribution in [3.8, 4) is 11.5 Å². The predicted molar refractivity (Wildman–Crippen MR) is 160 cm³/mol. The smallest absolute Gasteiger partial charge is 0.306 e. The Hall–Kier alpha value is -3.00. The minimum atomic E-state index is -0.213. The van der Waals surface area contributed by atoms with Gasteiger partial charge in [0, 0.05) is 19.4 Å². The Morgan fingerprint density at radius 1 is 0.800 bits per heavy atom. The molecule has 218 valence electrons. The second-order valence-corrected chi connectivity index (χ2v) is 10.1. The van der Waals surface area contributed by atoms with Gasteiger partial charge in [0.2, 0.25) is 0 Å². The van der Waals surface area contributed by atoms with E-state index in [0.717, 1.165) is 66.7 Å². The van der Waals surface area contributed by atoms with Crippen LogP contribution in [0.4, 0.5) is 0 Å². The molecule has 0 amide bonds. The molecule has 2 rings (SSSR count). The van der Waals surface area contributed by atoms with E-state index in [4.69, 9.17) is 26.8 Å². The Morgan fingerprint density at radius 2 is 1.50 bits per heavy atom. The number of esters is 2. The molecule has 0 aliphatic rings. The maximum absolute atomic E-state index is 12.0. The van der Waals surface area contributed by atoms with E-state index in [2.05, 4.69) is 17.0 Å². The highest BCUT2D eigenvalue weighted by Gasteiger charge is 2.13. The van der Waals surface area contributed by atoms with Crippen LogP contribution in [0.1, 0.15) is 75.5 Å². The number of nitrogens with zero attached hydrogens (tertiary/aromatic N) is 1. The largest absolute Gasteiger partial charge is 0.494 e. The second-order valence-electron chi connectivity index (χ2n) is 10.1. The lowest BCUT2D eigenvalue weighted by Crippen LogP contribution is -2.14. The minimum absolute atomic E-state index is 0.209. The van der Waals surface area contributed by atoms with Crippen LogP contribution in [-0.2, 0) is 38.4 Å². The highest BCUT2D eigenvalue weighted by Crippen LogP contribution is 2.26. The van der Waals surface area contributed by atoms with Gasteiger partial charge in [0.25, 0.3) is 0 Å². The molecule has 0 bridgehead atoms. The van der Waals surface area contributed by atoms with Crippen molar-refractivity contribution >= 4 is 25.2 Å². The van der Waals surface area contributed by atoms with Crippen LogP contribution in [0.3, 0.4) is 0 Å². The monoisotopic (exact) mass is 551 g/mol. The third-order valence-corrected chi connectivity index (χ3v) is 6.30. The summed E-state index contributed by atoms with van der Waals surface area (Å²) in [5, 5.41) is 0. The number of ether oxygens (including phenoxy) is 4. The molecule has 2 radical (unpaired) electrons. The third-order valence-electron chi connectivity index (χ3n) is 6.30. The average Bonchev–Trinajstić information content (AvgIpc) is 2.89. The Morgan fingerprint density at radius 3 is 2.23 bits per heavy atom. The number of benzene rings is 2. The molecule has 0 aromatic heterocycles. The van der Waals surface area contributed by atoms with E-state index in [-0.39, 0.29) is 11.9 Å². The molecule has 0 heterocycles. The lowest BCUT2D eigenvalue weighted by molar-refractivity contribution is -0.144. The van der Waals surface area contributed by atoms with Gasteiger partial charge >= 0.3 is 11.9 Å². The zero-order valence-electron chi connectivity index (χ0n) is 24.8. The molecule has 7 nitrogen and oxygen atoms in total. The first-order valence-electron chi connectivity index (χ1n) is 14.5. The minimum Gasteiger partial charge on any atom is -0.494 e. The number of aryl methyl sites for hydroxylation is 1. The van der Waals surface area contributed by atoms with Gasteiger partial charge in [0.1, 0.15) is 19.3 Å². The van der Waals surface area contributed by atoms with Gasteiger partial charge in [0.15, 0.2) is 0 Å². The fourth-order valence-corrected chi connectivity index (χ4v) is 4.54. The van der Waals surface area contributed by atoms with Crippen molar-refractivity contribution in [3.63, 3.8) is 0 Å². The highest BCUT2D eigenvalue weighted by atomic mass is 16.5. The molecule has 0 atom stereocenters. The van der Waals surface area contributed by atoms with E-state index < -0.39 is 0 Å². The fraction of sp³-hybridized carbons (Fsp3) is 0.562. The number of carbonyl (C=O) groups is 2. The van der Waals surface area contributed by atoms with Crippen molar-refractivity contribution in [3.05, 3.63) is 53.1 Å². The van der Waals surface area contributed by atoms with Crippen LogP contribution in [0, 0.1) is 0 Å². The van der Waals surface area contributed by atoms with Crippen LogP contribution >= 0.6 is 0 Å². The molecule has 0 aliphatic carbocycles. The SMILES string of the molecule is [B]c1cc(CN(C)C)cc(OCCCCCCc2cccc(OCCCC(=O)OCC)c2CCC(=O)OCC)c1. The lowest BCUT2D eigenvalue weighted by Gasteiger charge is -2.16. The Balaban J connectivity index is 1.85. The molecule has 40 heavy (non-hydrogen) atoms. The molecule has 0 N–H and O–H groups in total. The molecule has 0 saturated heterocycles. The van der Waals surface area contributed by atoms with Crippen molar-refractivity contribution in [1.29, 1.82) is 0 Å². The van der Waals surface area contributed by atoms with Crippen LogP contribution in [0.5, 0.6) is 11.5 Å². The van der Waals surface area contributed by atoms with Gasteiger partial charge in [-0.1, -0.05) is 36.5 Å². The fourth-order valence-electron chi connectivity index (χ4n) is 4.54. The van der Waals surface area contributed by atoms with E-state index in [0.29, 0.717) is 52.1 Å². The Kier molecular flexibility index (Phi) is 15.9. The summed E-state index contributed by atoms with van der Waals surface area (Å²) < 4.78 is 22.1. The zero-order valence-corrected chi connectivity index (χ0v) is 24.8. The van der Waals surface area contributed by atoms with Crippen LogP contribution in [0.25, 0.3) is 0 Å². The van der Waals surface area contributed by atoms with Gasteiger partial charge in [-0.05, 0) is 94.9 Å². The molecule has 0 saturated carbocycles. The van der Waals surface area contributed by atoms with Crippen molar-refractivity contribution < 1.29 is 28.5 Å². The van der Waals surface area contributed by atoms with E-state index in [1.807, 2.05) is 45.3 Å². The van der Waals surface area contributed by atoms with Gasteiger partial charge < -0.3 is 23.8 Å². The molecular formula is C32H46BNO6. The third kappa shape index (κ3) is 13.4. The number of rotatable bonds is 20. The quantitative estimate of drug-likeness (QED) is 0.131. The summed E-state index contributed by atoms with van der Waals surface area (Å²) in [7, 11) is 10.1. The Bertz CT molecular complexity index is 1040. The molecular weight excluding hydrogens is 505 g/mol. The maximum Gasteiger partial charge on any atom is 0.306 e. The number of unbranched alkanes of at least 4 members (excludes halogenated alkanes) is 3. The maximum atomic E-state index is 12.0. The number of hydrogen-bond acceptors (Lipinski definition) is 7. The van der Waals surface area contributed by atoms with Gasteiger partial charge in [-0.15, -0.1) is 0 Å². The summed E-state index contributed by atoms with van der Waals surface area (Å²) in [4.78, 5) is 25.8. The van der Waals surface area contributed by atoms with Gasteiger partial charge in [-0.3, -0.25) is 9.59 Å². The molecule has 8 heteroatoms. The number of carbonyl (C=O) groups excluding carboxylic acids is 2. The van der Waals surface area contributed by atoms with E-state index >= 15 is 0 Å². The first-order valence-corrected chi connectivity index (χ1v) is 14.5. The standard InChI is InChI=1S/C32H46BNO6/c1-5-37-31(35)16-12-20-40-30-15-11-14-26(29(30)17-18-32(36)38-6-2)13-9-7-8-10-19-39-28-22-25(24-34(3)4)21-27(33)23-28/h11,14-15,21-23H,5-10,12-13,16-20,24H2,1-4H3. The van der Waals surface area contributed by atoms with Gasteiger partial charge in [-0.25, -0.2) is 0 Å². The topological polar surface area (TPSA) is 74.3 Å². The molecule has 0 fully saturated rings. The first-order chi connectivity index (χ1) is 19.3. The van der Waals surface area contributed by atoms with Gasteiger partial charge in [-0.2, -0.15) is 0 Å². The summed E-state index contributed by atoms with van der Waals surface area (Å²) in [6.45, 7) is 6.26. The molecule has 0 spiro atoms. The normalized spacial score (nSPS) is 10.9. The molecule has 0 unspecified atom stereocenters. The van der Waals surface area contributed by atoms with Crippen molar-refractivity contribution in [2.45, 2.75) is 78.2 Å². The van der Waals surface area contributed by atoms with Crippen molar-refractivity contribution in [2.75, 3.05) is 40.5 Å². The van der Waals surface area contributed by atoms with Crippen LogP contribution in [0.15, 0.2) is 36.4 Å². The second kappa shape index (κ2) is 19.1. The first kappa shape index (κ1) is 33.2. The van der Waals surface area contributed by atoms with Crippen molar-refractivity contribution in [2.24, 2.45) is 0 Å². The predicted octanol–water partition coefficient (Wildman–Crippen LogP) is 4.94. The summed E-state index contributed by atoms with van der Waals surface area (Å²) in [6, 6.07) is 12.0. The van der Waals surface area contributed by atoms with E-state index in [9.17, 15) is 9.59 Å². The zero-order chi connectivity index (χ0) is 29.2. The lowest BCUT2D eigenvalue weighted by atomic mass is 9.94. The summed E-state index contributed by atoms with van der Waals surface area (Å²) in [5.41, 5.74) is 4.10. The van der Waals surface area contributed by atoms with Crippen molar-refractivity contribution in [1.82, 2.24) is 4.90 Å². The summed E-state index contributed by atoms with van der Waals surface area (Å²) in [6.07, 6.45) is 6.82. The van der Waals surface area contributed by atoms with Gasteiger partial charge in [0.05, 0.1) is 26.4 Å². The van der Waals surface area contributed by atoms with Crippen LogP contribution in [0.2, 0.25) is 0 Å². The Labute approximate surface area is 241 Å². The molecule has 0 aliphatic heterocycles. The molecule has 2 aromatic carbocycles. The van der Waals surface area contributed by atoms with E-state index in [1.165, 1.54) is 5.56 Å². The summed E-state index contributed by atoms with van der Waals surface area (Å²) >= 11 is 0.